The third-order valence-electron chi connectivity index (χ3n) is 2.43. The molecule has 1 N–H and O–H groups in total. The third-order valence-corrected chi connectivity index (χ3v) is 2.43. The normalized spacial score (nSPS) is 12.6. The molecule has 2 heterocycles. The van der Waals surface area contributed by atoms with E-state index in [1.54, 1.807) is 0 Å². The molecule has 1 aliphatic rings. The van der Waals surface area contributed by atoms with Crippen LogP contribution in [0.4, 0.5) is 5.69 Å². The molecule has 3 rings (SSSR count). The largest absolute Gasteiger partial charge is 0.679 e. The van der Waals surface area contributed by atoms with Crippen LogP contribution in [0.5, 0.6) is 0 Å². The molecule has 20 heavy (non-hydrogen) atoms. The van der Waals surface area contributed by atoms with E-state index < -0.39 is 10.2 Å². The summed E-state index contributed by atoms with van der Waals surface area (Å²) >= 11 is 0. The van der Waals surface area contributed by atoms with Crippen molar-refractivity contribution in [2.45, 2.75) is 0 Å². The smallest absolute Gasteiger partial charge is 0.0777 e. The molecular weight excluding hydrogens is 327 g/mol. The van der Waals surface area contributed by atoms with Gasteiger partial charge in [-0.2, -0.15) is 14.0 Å². The molecule has 0 aliphatic carbocycles. The Morgan fingerprint density at radius 3 is 2.60 bits per heavy atom. The number of halogens is 1. The Bertz CT molecular complexity index is 610. The van der Waals surface area contributed by atoms with E-state index in [1.807, 2.05) is 12.3 Å². The van der Waals surface area contributed by atoms with Crippen LogP contribution in [-0.2, 0) is 17.1 Å². The number of nitrogens with zero attached hydrogens (tertiary/aromatic N) is 2. The van der Waals surface area contributed by atoms with Gasteiger partial charge >= 0.3 is 0 Å². The molecule has 0 fully saturated rings. The zero-order valence-electron chi connectivity index (χ0n) is 10.0. The topological polar surface area (TPSA) is 116 Å². The van der Waals surface area contributed by atoms with Crippen LogP contribution in [0.25, 0.3) is 22.3 Å². The van der Waals surface area contributed by atoms with Crippen LogP contribution >= 0.6 is 0 Å². The molecule has 0 unspecified atom stereocenters. The van der Waals surface area contributed by atoms with Gasteiger partial charge in [0.25, 0.3) is 0 Å². The maximum absolute atomic E-state index is 8.60. The Hall–Kier alpha value is -1.18. The first kappa shape index (κ1) is 16.9. The molecule has 0 amide bonds. The molecule has 1 aromatic heterocycles. The van der Waals surface area contributed by atoms with E-state index in [2.05, 4.69) is 40.7 Å². The van der Waals surface area contributed by atoms with E-state index in [1.165, 1.54) is 5.56 Å². The summed E-state index contributed by atoms with van der Waals surface area (Å²) in [5.41, 5.74) is 3.21. The molecule has 0 atom stereocenters. The van der Waals surface area contributed by atoms with Gasteiger partial charge in [-0.1, -0.05) is 24.3 Å². The monoisotopic (exact) mass is 337 g/mol. The predicted octanol–water partition coefficient (Wildman–Crippen LogP) is -0.860. The van der Waals surface area contributed by atoms with Crippen LogP contribution < -0.4 is 14.0 Å². The SMILES string of the molecule is C1=Cc2ccc3cccnc3c2[N-]C1.[Fe].[O-][Cl+3]([O-])([O-])O. The van der Waals surface area contributed by atoms with Gasteiger partial charge in [0, 0.05) is 23.3 Å². The Labute approximate surface area is 128 Å². The molecule has 1 aliphatic heterocycles. The molecule has 0 saturated heterocycles. The van der Waals surface area contributed by atoms with Gasteiger partial charge in [0.1, 0.15) is 0 Å². The average molecular weight is 338 g/mol. The number of rotatable bonds is 0. The first-order valence-electron chi connectivity index (χ1n) is 5.30. The van der Waals surface area contributed by atoms with Crippen LogP contribution in [0.3, 0.4) is 0 Å². The van der Waals surface area contributed by atoms with E-state index in [0.29, 0.717) is 0 Å². The van der Waals surface area contributed by atoms with Crippen molar-refractivity contribution < 1.29 is 45.9 Å². The Morgan fingerprint density at radius 1 is 1.20 bits per heavy atom. The van der Waals surface area contributed by atoms with Crippen molar-refractivity contribution >= 4 is 22.7 Å². The van der Waals surface area contributed by atoms with Crippen molar-refractivity contribution in [1.82, 2.24) is 4.98 Å². The van der Waals surface area contributed by atoms with Crippen molar-refractivity contribution in [1.29, 1.82) is 0 Å². The molecule has 6 nitrogen and oxygen atoms in total. The van der Waals surface area contributed by atoms with Gasteiger partial charge in [-0.05, 0) is 17.0 Å². The van der Waals surface area contributed by atoms with Crippen molar-refractivity contribution in [2.75, 3.05) is 6.54 Å². The number of fused-ring (bicyclic) bond motifs is 3. The second-order valence-corrected chi connectivity index (χ2v) is 4.51. The number of hydrogen-bond donors (Lipinski definition) is 1. The van der Waals surface area contributed by atoms with Crippen LogP contribution in [0.2, 0.25) is 0 Å². The summed E-state index contributed by atoms with van der Waals surface area (Å²) in [6, 6.07) is 8.20. The average Bonchev–Trinajstić information content (AvgIpc) is 2.37. The van der Waals surface area contributed by atoms with Gasteiger partial charge in [0.2, 0.25) is 0 Å². The quantitative estimate of drug-likeness (QED) is 0.628. The van der Waals surface area contributed by atoms with Gasteiger partial charge < -0.3 is 5.32 Å². The molecule has 2 aromatic rings. The fourth-order valence-electron chi connectivity index (χ4n) is 1.77. The van der Waals surface area contributed by atoms with Gasteiger partial charge in [0.05, 0.1) is 20.4 Å². The van der Waals surface area contributed by atoms with Gasteiger partial charge in [-0.25, -0.2) is 0 Å². The predicted molar refractivity (Wildman–Crippen MR) is 60.9 cm³/mol. The first-order chi connectivity index (χ1) is 8.95. The minimum Gasteiger partial charge on any atom is -0.679 e. The molecule has 1 aromatic carbocycles. The van der Waals surface area contributed by atoms with E-state index >= 15 is 0 Å². The molecule has 8 heteroatoms. The van der Waals surface area contributed by atoms with Crippen LogP contribution in [-0.4, -0.2) is 16.2 Å². The maximum Gasteiger partial charge on any atom is 0.0777 e. The fraction of sp³-hybridized carbons (Fsp3) is 0.0833. The van der Waals surface area contributed by atoms with E-state index in [4.69, 9.17) is 18.6 Å². The summed E-state index contributed by atoms with van der Waals surface area (Å²) < 4.78 is 32.7. The Morgan fingerprint density at radius 2 is 1.90 bits per heavy atom. The molecule has 0 spiro atoms. The standard InChI is InChI=1S/C12H9N2.ClHO4.Fe/c1-3-9-5-6-10-4-2-8-14-12(10)11(9)13-7-1;2-1(3,4)5;/h1-7H,8H2;(H,2,3,4,5);/q-1;;. The van der Waals surface area contributed by atoms with Crippen LogP contribution in [0.1, 0.15) is 5.56 Å². The fourth-order valence-corrected chi connectivity index (χ4v) is 1.77. The molecule has 0 radical (unpaired) electrons. The van der Waals surface area contributed by atoms with Crippen molar-refractivity contribution in [3.05, 3.63) is 47.4 Å². The zero-order valence-corrected chi connectivity index (χ0v) is 11.9. The number of pyridine rings is 1. The Balaban J connectivity index is 0.000000293. The number of aromatic nitrogens is 1. The molecule has 108 valence electrons. The third kappa shape index (κ3) is 4.73. The summed E-state index contributed by atoms with van der Waals surface area (Å²) in [5.74, 6) is 0. The van der Waals surface area contributed by atoms with Crippen LogP contribution in [0, 0.1) is 10.2 Å². The number of hydrogen-bond acceptors (Lipinski definition) is 5. The second-order valence-electron chi connectivity index (χ2n) is 3.72. The molecule has 0 saturated carbocycles. The van der Waals surface area contributed by atoms with Gasteiger partial charge in [-0.15, -0.1) is 18.3 Å². The van der Waals surface area contributed by atoms with E-state index in [0.717, 1.165) is 23.1 Å². The van der Waals surface area contributed by atoms with E-state index in [-0.39, 0.29) is 17.1 Å². The zero-order chi connectivity index (χ0) is 13.9. The molecule has 0 bridgehead atoms. The van der Waals surface area contributed by atoms with E-state index in [9.17, 15) is 0 Å². The van der Waals surface area contributed by atoms with Crippen LogP contribution in [0.15, 0.2) is 36.5 Å². The minimum atomic E-state index is -4.69. The number of benzene rings is 1. The van der Waals surface area contributed by atoms with Gasteiger partial charge in [0.15, 0.2) is 0 Å². The Kier molecular flexibility index (Phi) is 5.91. The van der Waals surface area contributed by atoms with Crippen molar-refractivity contribution in [2.24, 2.45) is 0 Å². The first-order valence-corrected chi connectivity index (χ1v) is 6.56. The maximum atomic E-state index is 8.60. The van der Waals surface area contributed by atoms with Crippen molar-refractivity contribution in [3.63, 3.8) is 0 Å². The molecular formula is C12H10ClFeN2O4-. The summed E-state index contributed by atoms with van der Waals surface area (Å²) in [6.45, 7) is 0.767. The summed E-state index contributed by atoms with van der Waals surface area (Å²) in [4.78, 5) is 4.37. The van der Waals surface area contributed by atoms with Gasteiger partial charge in [-0.3, -0.25) is 4.98 Å². The second kappa shape index (κ2) is 7.01. The summed E-state index contributed by atoms with van der Waals surface area (Å²) in [6.07, 6.45) is 5.99. The van der Waals surface area contributed by atoms with Crippen molar-refractivity contribution in [3.8, 4) is 0 Å². The summed E-state index contributed by atoms with van der Waals surface area (Å²) in [5, 5.41) is 5.63. The minimum absolute atomic E-state index is 0. The summed E-state index contributed by atoms with van der Waals surface area (Å²) in [7, 11) is -4.69.